The summed E-state index contributed by atoms with van der Waals surface area (Å²) in [5.74, 6) is 0. The van der Waals surface area contributed by atoms with Gasteiger partial charge in [-0.05, 0) is 29.1 Å². The molecule has 0 saturated carbocycles. The number of nitrogens with zero attached hydrogens (tertiary/aromatic N) is 4. The summed E-state index contributed by atoms with van der Waals surface area (Å²) in [5, 5.41) is 8.69. The van der Waals surface area contributed by atoms with E-state index in [0.29, 0.717) is 17.8 Å². The van der Waals surface area contributed by atoms with Gasteiger partial charge >= 0.3 is 11.4 Å². The van der Waals surface area contributed by atoms with Crippen LogP contribution in [0.3, 0.4) is 0 Å². The number of benzene rings is 3. The summed E-state index contributed by atoms with van der Waals surface area (Å²) in [5.41, 5.74) is 4.82. The van der Waals surface area contributed by atoms with E-state index in [1.54, 1.807) is 0 Å². The molecule has 33 heavy (non-hydrogen) atoms. The largest absolute Gasteiger partial charge is 0.410 e. The van der Waals surface area contributed by atoms with Gasteiger partial charge in [0.2, 0.25) is 5.69 Å². The smallest absolute Gasteiger partial charge is 0.151 e. The van der Waals surface area contributed by atoms with Crippen LogP contribution in [0.25, 0.3) is 4.85 Å². The minimum Gasteiger partial charge on any atom is -0.151 e. The lowest BCUT2D eigenvalue weighted by molar-refractivity contribution is 1.07. The highest BCUT2D eigenvalue weighted by Crippen LogP contribution is 2.35. The Balaban J connectivity index is 0.00000129. The van der Waals surface area contributed by atoms with E-state index in [2.05, 4.69) is 32.8 Å². The van der Waals surface area contributed by atoms with Gasteiger partial charge in [0.15, 0.2) is 5.71 Å². The zero-order valence-electron chi connectivity index (χ0n) is 20.1. The van der Waals surface area contributed by atoms with Crippen molar-refractivity contribution in [2.45, 2.75) is 34.1 Å². The number of allylic oxidation sites excluding steroid dienone is 2. The lowest BCUT2D eigenvalue weighted by Crippen LogP contribution is -2.14. The average molecular weight is 439 g/mol. The molecule has 0 unspecified atom stereocenters. The van der Waals surface area contributed by atoms with E-state index in [9.17, 15) is 0 Å². The van der Waals surface area contributed by atoms with Gasteiger partial charge in [-0.2, -0.15) is 14.8 Å². The van der Waals surface area contributed by atoms with E-state index in [0.717, 1.165) is 22.8 Å². The van der Waals surface area contributed by atoms with Gasteiger partial charge in [-0.1, -0.05) is 76.7 Å². The van der Waals surface area contributed by atoms with E-state index >= 15 is 0 Å². The third kappa shape index (κ3) is 7.83. The van der Waals surface area contributed by atoms with Crippen LogP contribution in [0.4, 0.5) is 28.4 Å². The first-order chi connectivity index (χ1) is 16.3. The summed E-state index contributed by atoms with van der Waals surface area (Å²) >= 11 is 0. The zero-order valence-corrected chi connectivity index (χ0v) is 20.1. The summed E-state index contributed by atoms with van der Waals surface area (Å²) in [7, 11) is 0. The first-order valence-electron chi connectivity index (χ1n) is 11.2. The van der Waals surface area contributed by atoms with E-state index in [4.69, 9.17) is 6.57 Å². The summed E-state index contributed by atoms with van der Waals surface area (Å²) in [6.45, 7) is 21.5. The number of azo groups is 1. The highest BCUT2D eigenvalue weighted by Gasteiger charge is 2.27. The van der Waals surface area contributed by atoms with Crippen LogP contribution in [0, 0.1) is 6.57 Å². The molecule has 3 aromatic carbocycles. The van der Waals surface area contributed by atoms with E-state index in [1.807, 2.05) is 119 Å². The molecule has 0 spiro atoms. The van der Waals surface area contributed by atoms with Gasteiger partial charge in [0.1, 0.15) is 0 Å². The third-order valence-corrected chi connectivity index (χ3v) is 4.27. The number of hydrogen-bond acceptors (Lipinski definition) is 2. The summed E-state index contributed by atoms with van der Waals surface area (Å²) < 4.78 is 2.06. The SMILES string of the molecule is C#[N+]c1ccc(N=Nc2ccccc2)cc1[N+](=C(C=C)CC=C)c1ccccc1.CC.CC. The first kappa shape index (κ1) is 26.9. The van der Waals surface area contributed by atoms with Gasteiger partial charge in [0.05, 0.1) is 17.8 Å². The maximum atomic E-state index is 5.69. The molecule has 168 valence electrons. The van der Waals surface area contributed by atoms with Crippen molar-refractivity contribution < 1.29 is 0 Å². The Kier molecular flexibility index (Phi) is 12.8. The lowest BCUT2D eigenvalue weighted by Gasteiger charge is -2.05. The Morgan fingerprint density at radius 2 is 1.42 bits per heavy atom. The molecule has 0 fully saturated rings. The second-order valence-electron chi connectivity index (χ2n) is 6.20. The van der Waals surface area contributed by atoms with Gasteiger partial charge in [-0.25, -0.2) is 0 Å². The highest BCUT2D eigenvalue weighted by atomic mass is 15.1. The number of rotatable bonds is 7. The van der Waals surface area contributed by atoms with Crippen molar-refractivity contribution in [3.63, 3.8) is 0 Å². The molecule has 0 aliphatic carbocycles. The summed E-state index contributed by atoms with van der Waals surface area (Å²) in [6, 6.07) is 25.2. The van der Waals surface area contributed by atoms with Gasteiger partial charge < -0.3 is 0 Å². The molecule has 0 heterocycles. The van der Waals surface area contributed by atoms with Gasteiger partial charge in [0.25, 0.3) is 6.57 Å². The number of hydrogen-bond donors (Lipinski definition) is 0. The third-order valence-electron chi connectivity index (χ3n) is 4.27. The van der Waals surface area contributed by atoms with Crippen LogP contribution >= 0.6 is 0 Å². The number of para-hydroxylation sites is 1. The van der Waals surface area contributed by atoms with E-state index in [-0.39, 0.29) is 0 Å². The second kappa shape index (κ2) is 15.7. The maximum absolute atomic E-state index is 5.69. The molecule has 4 heteroatoms. The van der Waals surface area contributed by atoms with Gasteiger partial charge in [0, 0.05) is 24.3 Å². The lowest BCUT2D eigenvalue weighted by atomic mass is 10.1. The predicted molar refractivity (Wildman–Crippen MR) is 146 cm³/mol. The van der Waals surface area contributed by atoms with Gasteiger partial charge in [-0.3, -0.25) is 0 Å². The van der Waals surface area contributed by atoms with Crippen LogP contribution in [-0.4, -0.2) is 5.71 Å². The Hall–Kier alpha value is -4.10. The molecule has 0 N–H and O–H groups in total. The zero-order chi connectivity index (χ0) is 24.5. The molecule has 0 radical (unpaired) electrons. The molecule has 0 aromatic heterocycles. The summed E-state index contributed by atoms with van der Waals surface area (Å²) in [4.78, 5) is 3.97. The molecule has 3 aromatic rings. The normalized spacial score (nSPS) is 10.5. The quantitative estimate of drug-likeness (QED) is 0.152. The van der Waals surface area contributed by atoms with Crippen molar-refractivity contribution in [2.75, 3.05) is 0 Å². The fraction of sp³-hybridized carbons (Fsp3) is 0.172. The highest BCUT2D eigenvalue weighted by molar-refractivity contribution is 6.01. The molecule has 0 aliphatic rings. The van der Waals surface area contributed by atoms with Crippen LogP contribution in [0.1, 0.15) is 34.1 Å². The first-order valence-corrected chi connectivity index (χ1v) is 11.2. The van der Waals surface area contributed by atoms with Crippen molar-refractivity contribution in [1.82, 2.24) is 4.58 Å². The topological polar surface area (TPSA) is 32.1 Å². The Labute approximate surface area is 198 Å². The van der Waals surface area contributed by atoms with Crippen molar-refractivity contribution in [1.29, 1.82) is 0 Å². The van der Waals surface area contributed by atoms with E-state index < -0.39 is 0 Å². The monoisotopic (exact) mass is 438 g/mol. The Morgan fingerprint density at radius 1 is 0.848 bits per heavy atom. The van der Waals surface area contributed by atoms with Crippen molar-refractivity contribution >= 4 is 34.1 Å². The molecule has 0 bridgehead atoms. The fourth-order valence-electron chi connectivity index (χ4n) is 2.92. The molecule has 0 aliphatic heterocycles. The van der Waals surface area contributed by atoms with Crippen LogP contribution in [0.5, 0.6) is 0 Å². The van der Waals surface area contributed by atoms with Crippen molar-refractivity contribution in [3.8, 4) is 6.57 Å². The standard InChI is InChI=1S/C25H22N4.2C2H6/c1-4-12-22(5-2)29(23-15-10-7-11-16-23)25-19-21(17-18-24(25)26-3)28-27-20-13-8-6-9-14-20;2*1-2/h3-11,13-19H,1-2,12H2;2*1-2H3/q+2;;. The van der Waals surface area contributed by atoms with Gasteiger partial charge in [-0.15, -0.1) is 6.58 Å². The molecule has 3 rings (SSSR count). The maximum Gasteiger partial charge on any atom is 0.410 e. The van der Waals surface area contributed by atoms with Crippen LogP contribution in [0.15, 0.2) is 114 Å². The Bertz CT molecular complexity index is 1110. The van der Waals surface area contributed by atoms with Crippen molar-refractivity contribution in [2.24, 2.45) is 10.2 Å². The van der Waals surface area contributed by atoms with Crippen LogP contribution < -0.4 is 4.58 Å². The van der Waals surface area contributed by atoms with Crippen LogP contribution in [-0.2, 0) is 0 Å². The van der Waals surface area contributed by atoms with Crippen LogP contribution in [0.2, 0.25) is 0 Å². The summed E-state index contributed by atoms with van der Waals surface area (Å²) in [6.07, 6.45) is 4.29. The molecule has 0 amide bonds. The second-order valence-corrected chi connectivity index (χ2v) is 6.20. The molecule has 4 nitrogen and oxygen atoms in total. The minimum atomic E-state index is 0.635. The fourth-order valence-corrected chi connectivity index (χ4v) is 2.92. The molecular formula is C29H34N4+2. The Morgan fingerprint density at radius 3 is 1.97 bits per heavy atom. The average Bonchev–Trinajstić information content (AvgIpc) is 2.91. The molecule has 0 atom stereocenters. The molecular weight excluding hydrogens is 404 g/mol. The molecule has 0 saturated heterocycles. The predicted octanol–water partition coefficient (Wildman–Crippen LogP) is 9.79. The van der Waals surface area contributed by atoms with Crippen molar-refractivity contribution in [3.05, 3.63) is 109 Å². The minimum absolute atomic E-state index is 0.635. The van der Waals surface area contributed by atoms with E-state index in [1.165, 1.54) is 0 Å².